The van der Waals surface area contributed by atoms with E-state index in [2.05, 4.69) is 46.1 Å². The first-order valence-corrected chi connectivity index (χ1v) is 11.3. The Hall–Kier alpha value is -2.15. The number of hydrogen-bond acceptors (Lipinski definition) is 4. The second-order valence-corrected chi connectivity index (χ2v) is 9.39. The summed E-state index contributed by atoms with van der Waals surface area (Å²) in [7, 11) is 0. The van der Waals surface area contributed by atoms with E-state index in [1.54, 1.807) is 6.07 Å². The fourth-order valence-corrected chi connectivity index (χ4v) is 5.49. The average molecular weight is 434 g/mol. The Bertz CT molecular complexity index is 971. The summed E-state index contributed by atoms with van der Waals surface area (Å²) in [5, 5.41) is 0.747. The molecular formula is C23H26F3N3S. The molecule has 30 heavy (non-hydrogen) atoms. The van der Waals surface area contributed by atoms with Gasteiger partial charge in [-0.15, -0.1) is 11.3 Å². The van der Waals surface area contributed by atoms with Gasteiger partial charge >= 0.3 is 6.18 Å². The minimum Gasteiger partial charge on any atom is -0.356 e. The first-order valence-electron chi connectivity index (χ1n) is 10.5. The molecule has 2 aromatic heterocycles. The first kappa shape index (κ1) is 21.1. The molecule has 0 amide bonds. The van der Waals surface area contributed by atoms with Crippen LogP contribution >= 0.6 is 11.3 Å². The number of benzene rings is 1. The van der Waals surface area contributed by atoms with E-state index < -0.39 is 12.6 Å². The quantitative estimate of drug-likeness (QED) is 0.474. The van der Waals surface area contributed by atoms with E-state index in [1.165, 1.54) is 18.3 Å². The van der Waals surface area contributed by atoms with Gasteiger partial charge in [0.15, 0.2) is 0 Å². The molecule has 0 spiro atoms. The van der Waals surface area contributed by atoms with Crippen LogP contribution < -0.4 is 4.90 Å². The van der Waals surface area contributed by atoms with Crippen molar-refractivity contribution in [3.05, 3.63) is 53.2 Å². The van der Waals surface area contributed by atoms with Crippen LogP contribution in [0.4, 0.5) is 19.0 Å². The molecule has 1 fully saturated rings. The summed E-state index contributed by atoms with van der Waals surface area (Å²) in [6, 6.07) is 12.2. The molecule has 2 atom stereocenters. The van der Waals surface area contributed by atoms with Gasteiger partial charge in [-0.1, -0.05) is 37.3 Å². The fraction of sp³-hybridized carbons (Fsp3) is 0.478. The Morgan fingerprint density at radius 3 is 2.73 bits per heavy atom. The average Bonchev–Trinajstić information content (AvgIpc) is 3.01. The number of alkyl halides is 3. The van der Waals surface area contributed by atoms with Crippen LogP contribution in [0.2, 0.25) is 0 Å². The van der Waals surface area contributed by atoms with E-state index in [1.807, 2.05) is 6.07 Å². The molecule has 0 bridgehead atoms. The maximum atomic E-state index is 12.8. The molecule has 0 aliphatic carbocycles. The van der Waals surface area contributed by atoms with E-state index in [0.717, 1.165) is 54.9 Å². The largest absolute Gasteiger partial charge is 0.393 e. The summed E-state index contributed by atoms with van der Waals surface area (Å²) >= 11 is 1.12. The van der Waals surface area contributed by atoms with E-state index >= 15 is 0 Å². The summed E-state index contributed by atoms with van der Waals surface area (Å²) in [6.45, 7) is 4.04. The summed E-state index contributed by atoms with van der Waals surface area (Å²) in [5.74, 6) is 1.91. The highest BCUT2D eigenvalue weighted by molar-refractivity contribution is 7.18. The maximum Gasteiger partial charge on any atom is 0.393 e. The third kappa shape index (κ3) is 5.12. The van der Waals surface area contributed by atoms with Crippen molar-refractivity contribution in [2.45, 2.75) is 45.2 Å². The van der Waals surface area contributed by atoms with Crippen molar-refractivity contribution in [3.8, 4) is 0 Å². The molecule has 2 unspecified atom stereocenters. The van der Waals surface area contributed by atoms with Gasteiger partial charge in [0.2, 0.25) is 0 Å². The number of nitrogens with zero attached hydrogens (tertiary/aromatic N) is 3. The van der Waals surface area contributed by atoms with Gasteiger partial charge in [0, 0.05) is 18.0 Å². The summed E-state index contributed by atoms with van der Waals surface area (Å²) < 4.78 is 38.5. The van der Waals surface area contributed by atoms with Crippen LogP contribution in [0.3, 0.4) is 0 Å². The lowest BCUT2D eigenvalue weighted by molar-refractivity contribution is -0.126. The molecule has 3 heterocycles. The smallest absolute Gasteiger partial charge is 0.356 e. The van der Waals surface area contributed by atoms with Crippen LogP contribution in [-0.2, 0) is 12.8 Å². The molecule has 0 radical (unpaired) electrons. The predicted molar refractivity (Wildman–Crippen MR) is 116 cm³/mol. The normalized spacial score (nSPS) is 20.5. The van der Waals surface area contributed by atoms with E-state index in [4.69, 9.17) is 0 Å². The van der Waals surface area contributed by atoms with Gasteiger partial charge in [-0.3, -0.25) is 0 Å². The van der Waals surface area contributed by atoms with Crippen molar-refractivity contribution < 1.29 is 13.2 Å². The van der Waals surface area contributed by atoms with Crippen molar-refractivity contribution in [1.82, 2.24) is 9.97 Å². The molecule has 4 rings (SSSR count). The number of hydrogen-bond donors (Lipinski definition) is 0. The zero-order chi connectivity index (χ0) is 21.1. The number of aromatic nitrogens is 2. The first-order chi connectivity index (χ1) is 14.4. The van der Waals surface area contributed by atoms with Crippen LogP contribution in [0, 0.1) is 11.8 Å². The van der Waals surface area contributed by atoms with Crippen LogP contribution in [-0.4, -0.2) is 29.2 Å². The third-order valence-electron chi connectivity index (χ3n) is 6.00. The Kier molecular flexibility index (Phi) is 6.27. The molecule has 1 aromatic carbocycles. The van der Waals surface area contributed by atoms with Crippen molar-refractivity contribution in [1.29, 1.82) is 0 Å². The topological polar surface area (TPSA) is 29.0 Å². The number of rotatable bonds is 5. The van der Waals surface area contributed by atoms with Crippen LogP contribution in [0.5, 0.6) is 0 Å². The van der Waals surface area contributed by atoms with Crippen LogP contribution in [0.25, 0.3) is 10.2 Å². The van der Waals surface area contributed by atoms with E-state index in [9.17, 15) is 13.2 Å². The second-order valence-electron chi connectivity index (χ2n) is 8.27. The number of thiophene rings is 1. The molecule has 1 saturated heterocycles. The van der Waals surface area contributed by atoms with Gasteiger partial charge in [-0.05, 0) is 49.1 Å². The number of aryl methyl sites for hydroxylation is 1. The minimum atomic E-state index is -4.21. The molecule has 1 aliphatic heterocycles. The van der Waals surface area contributed by atoms with Crippen molar-refractivity contribution >= 4 is 27.4 Å². The molecule has 7 heteroatoms. The lowest BCUT2D eigenvalue weighted by atomic mass is 9.86. The second kappa shape index (κ2) is 8.92. The monoisotopic (exact) mass is 433 g/mol. The highest BCUT2D eigenvalue weighted by atomic mass is 32.1. The molecule has 160 valence electrons. The van der Waals surface area contributed by atoms with Gasteiger partial charge < -0.3 is 4.90 Å². The predicted octanol–water partition coefficient (Wildman–Crippen LogP) is 6.28. The van der Waals surface area contributed by atoms with E-state index in [-0.39, 0.29) is 0 Å². The lowest BCUT2D eigenvalue weighted by Gasteiger charge is -2.27. The Labute approximate surface area is 179 Å². The molecule has 3 aromatic rings. The maximum absolute atomic E-state index is 12.8. The summed E-state index contributed by atoms with van der Waals surface area (Å²) in [4.78, 5) is 11.9. The number of halogens is 3. The molecule has 1 aliphatic rings. The molecule has 0 N–H and O–H groups in total. The third-order valence-corrected chi connectivity index (χ3v) is 7.04. The molecule has 3 nitrogen and oxygen atoms in total. The lowest BCUT2D eigenvalue weighted by Crippen LogP contribution is -2.30. The van der Waals surface area contributed by atoms with Crippen molar-refractivity contribution in [2.24, 2.45) is 11.8 Å². The van der Waals surface area contributed by atoms with Crippen LogP contribution in [0.15, 0.2) is 42.7 Å². The number of fused-ring (bicyclic) bond motifs is 1. The summed E-state index contributed by atoms with van der Waals surface area (Å²) in [5.41, 5.74) is 1.37. The minimum absolute atomic E-state index is 0.294. The Morgan fingerprint density at radius 2 is 1.97 bits per heavy atom. The highest BCUT2D eigenvalue weighted by Crippen LogP contribution is 2.36. The zero-order valence-electron chi connectivity index (χ0n) is 17.0. The van der Waals surface area contributed by atoms with Gasteiger partial charge in [-0.2, -0.15) is 13.2 Å². The number of anilines is 1. The van der Waals surface area contributed by atoms with Gasteiger partial charge in [0.05, 0.1) is 11.8 Å². The zero-order valence-corrected chi connectivity index (χ0v) is 17.8. The Balaban J connectivity index is 1.48. The van der Waals surface area contributed by atoms with E-state index in [0.29, 0.717) is 21.5 Å². The molecule has 0 saturated carbocycles. The SMILES string of the molecule is CC1CN(c2ncnc3sc(CC(F)(F)F)cc23)CCCC1CCc1ccccc1. The van der Waals surface area contributed by atoms with Gasteiger partial charge in [0.1, 0.15) is 17.0 Å². The van der Waals surface area contributed by atoms with Crippen molar-refractivity contribution in [2.75, 3.05) is 18.0 Å². The fourth-order valence-electron chi connectivity index (χ4n) is 4.46. The molecular weight excluding hydrogens is 407 g/mol. The van der Waals surface area contributed by atoms with Crippen LogP contribution in [0.1, 0.15) is 36.6 Å². The van der Waals surface area contributed by atoms with Gasteiger partial charge in [-0.25, -0.2) is 9.97 Å². The van der Waals surface area contributed by atoms with Gasteiger partial charge in [0.25, 0.3) is 0 Å². The summed E-state index contributed by atoms with van der Waals surface area (Å²) in [6.07, 6.45) is 0.832. The Morgan fingerprint density at radius 1 is 1.17 bits per heavy atom. The standard InChI is InChI=1S/C23H26F3N3S/c1-16-14-29(11-5-8-18(16)10-9-17-6-3-2-4-7-17)21-20-12-19(13-23(24,25)26)30-22(20)28-15-27-21/h2-4,6-7,12,15-16,18H,5,8-11,13-14H2,1H3. The highest BCUT2D eigenvalue weighted by Gasteiger charge is 2.30. The van der Waals surface area contributed by atoms with Crippen molar-refractivity contribution in [3.63, 3.8) is 0 Å².